The molecule has 0 bridgehead atoms. The average molecular weight is 354 g/mol. The molecule has 2 aromatic carbocycles. The minimum Gasteiger partial charge on any atom is -0.496 e. The van der Waals surface area contributed by atoms with Gasteiger partial charge < -0.3 is 15.0 Å². The van der Waals surface area contributed by atoms with Gasteiger partial charge in [-0.3, -0.25) is 9.59 Å². The lowest BCUT2D eigenvalue weighted by Gasteiger charge is -2.21. The van der Waals surface area contributed by atoms with Crippen molar-refractivity contribution in [3.05, 3.63) is 59.2 Å². The summed E-state index contributed by atoms with van der Waals surface area (Å²) in [6.45, 7) is 6.55. The normalized spacial score (nSPS) is 10.3. The molecule has 26 heavy (non-hydrogen) atoms. The van der Waals surface area contributed by atoms with Gasteiger partial charge in [-0.2, -0.15) is 0 Å². The third kappa shape index (κ3) is 5.09. The number of nitrogens with one attached hydrogen (secondary N) is 1. The Kier molecular flexibility index (Phi) is 6.78. The van der Waals surface area contributed by atoms with Gasteiger partial charge in [0.25, 0.3) is 0 Å². The van der Waals surface area contributed by atoms with Crippen LogP contribution in [0.1, 0.15) is 30.5 Å². The molecule has 0 unspecified atom stereocenters. The van der Waals surface area contributed by atoms with Crippen LogP contribution >= 0.6 is 0 Å². The molecule has 1 N–H and O–H groups in total. The topological polar surface area (TPSA) is 58.6 Å². The number of benzene rings is 2. The van der Waals surface area contributed by atoms with Gasteiger partial charge >= 0.3 is 0 Å². The molecule has 0 aliphatic rings. The van der Waals surface area contributed by atoms with E-state index in [4.69, 9.17) is 4.74 Å². The second-order valence-electron chi connectivity index (χ2n) is 6.22. The van der Waals surface area contributed by atoms with Gasteiger partial charge in [0.1, 0.15) is 5.75 Å². The Bertz CT molecular complexity index is 787. The van der Waals surface area contributed by atoms with E-state index in [-0.39, 0.29) is 18.2 Å². The summed E-state index contributed by atoms with van der Waals surface area (Å²) in [4.78, 5) is 25.9. The lowest BCUT2D eigenvalue weighted by molar-refractivity contribution is -0.129. The van der Waals surface area contributed by atoms with Gasteiger partial charge in [0, 0.05) is 25.7 Å². The minimum atomic E-state index is -0.103. The number of hydrogen-bond acceptors (Lipinski definition) is 3. The van der Waals surface area contributed by atoms with Gasteiger partial charge in [-0.1, -0.05) is 30.3 Å². The maximum atomic E-state index is 12.5. The Labute approximate surface area is 155 Å². The summed E-state index contributed by atoms with van der Waals surface area (Å²) >= 11 is 0. The van der Waals surface area contributed by atoms with Crippen LogP contribution in [0.3, 0.4) is 0 Å². The summed E-state index contributed by atoms with van der Waals surface area (Å²) in [6, 6.07) is 13.3. The molecule has 5 heteroatoms. The van der Waals surface area contributed by atoms with Crippen LogP contribution in [0.4, 0.5) is 5.69 Å². The van der Waals surface area contributed by atoms with Crippen LogP contribution in [0, 0.1) is 6.92 Å². The Morgan fingerprint density at radius 3 is 2.54 bits per heavy atom. The fraction of sp³-hybridized carbons (Fsp3) is 0.333. The molecule has 0 fully saturated rings. The van der Waals surface area contributed by atoms with Gasteiger partial charge in [-0.05, 0) is 42.7 Å². The molecule has 138 valence electrons. The molecule has 2 rings (SSSR count). The maximum Gasteiger partial charge on any atom is 0.228 e. The summed E-state index contributed by atoms with van der Waals surface area (Å²) in [5.74, 6) is 0.686. The van der Waals surface area contributed by atoms with Crippen molar-refractivity contribution in [2.45, 2.75) is 33.7 Å². The first kappa shape index (κ1) is 19.5. The van der Waals surface area contributed by atoms with Crippen LogP contribution in [0.15, 0.2) is 42.5 Å². The summed E-state index contributed by atoms with van der Waals surface area (Å²) in [5, 5.41) is 2.96. The number of nitrogens with zero attached hydrogens (tertiary/aromatic N) is 1. The van der Waals surface area contributed by atoms with E-state index in [0.717, 1.165) is 28.1 Å². The number of anilines is 1. The van der Waals surface area contributed by atoms with Crippen molar-refractivity contribution < 1.29 is 14.3 Å². The number of aryl methyl sites for hydroxylation is 1. The molecular formula is C21H26N2O3. The van der Waals surface area contributed by atoms with Gasteiger partial charge in [-0.25, -0.2) is 0 Å². The smallest absolute Gasteiger partial charge is 0.228 e. The van der Waals surface area contributed by atoms with E-state index in [9.17, 15) is 9.59 Å². The molecule has 0 aromatic heterocycles. The molecule has 2 aromatic rings. The van der Waals surface area contributed by atoms with Crippen molar-refractivity contribution in [2.75, 3.05) is 19.0 Å². The van der Waals surface area contributed by atoms with E-state index in [2.05, 4.69) is 5.32 Å². The Morgan fingerprint density at radius 2 is 1.88 bits per heavy atom. The predicted molar refractivity (Wildman–Crippen MR) is 103 cm³/mol. The zero-order chi connectivity index (χ0) is 19.1. The third-order valence-corrected chi connectivity index (χ3v) is 4.32. The third-order valence-electron chi connectivity index (χ3n) is 4.32. The van der Waals surface area contributed by atoms with E-state index >= 15 is 0 Å². The Balaban J connectivity index is 2.11. The number of amides is 2. The molecule has 0 heterocycles. The summed E-state index contributed by atoms with van der Waals surface area (Å²) < 4.78 is 5.31. The van der Waals surface area contributed by atoms with Crippen molar-refractivity contribution in [3.8, 4) is 5.75 Å². The molecule has 0 spiro atoms. The van der Waals surface area contributed by atoms with Crippen molar-refractivity contribution in [3.63, 3.8) is 0 Å². The molecule has 0 aliphatic heterocycles. The fourth-order valence-corrected chi connectivity index (χ4v) is 2.79. The van der Waals surface area contributed by atoms with Gasteiger partial charge in [0.15, 0.2) is 0 Å². The number of carbonyl (C=O) groups excluding carboxylic acids is 2. The first-order valence-electron chi connectivity index (χ1n) is 8.71. The van der Waals surface area contributed by atoms with Crippen molar-refractivity contribution >= 4 is 17.5 Å². The van der Waals surface area contributed by atoms with Crippen molar-refractivity contribution in [2.24, 2.45) is 0 Å². The van der Waals surface area contributed by atoms with Crippen LogP contribution in [0.5, 0.6) is 5.75 Å². The van der Waals surface area contributed by atoms with E-state index in [1.165, 1.54) is 0 Å². The zero-order valence-corrected chi connectivity index (χ0v) is 15.8. The number of hydrogen-bond donors (Lipinski definition) is 1. The van der Waals surface area contributed by atoms with E-state index in [1.807, 2.05) is 56.3 Å². The fourth-order valence-electron chi connectivity index (χ4n) is 2.79. The average Bonchev–Trinajstić information content (AvgIpc) is 2.62. The molecule has 0 radical (unpaired) electrons. The highest BCUT2D eigenvalue weighted by Crippen LogP contribution is 2.21. The van der Waals surface area contributed by atoms with E-state index in [0.29, 0.717) is 13.1 Å². The molecule has 0 atom stereocenters. The molecule has 0 saturated carbocycles. The summed E-state index contributed by atoms with van der Waals surface area (Å²) in [7, 11) is 1.62. The van der Waals surface area contributed by atoms with Crippen LogP contribution in [-0.4, -0.2) is 30.4 Å². The number of ether oxygens (including phenoxy) is 1. The minimum absolute atomic E-state index is 0.0142. The van der Waals surface area contributed by atoms with Crippen LogP contribution < -0.4 is 10.1 Å². The number of carbonyl (C=O) groups is 2. The Morgan fingerprint density at radius 1 is 1.15 bits per heavy atom. The molecule has 0 aliphatic carbocycles. The van der Waals surface area contributed by atoms with Gasteiger partial charge in [-0.15, -0.1) is 0 Å². The second kappa shape index (κ2) is 9.04. The summed E-state index contributed by atoms with van der Waals surface area (Å²) in [5.41, 5.74) is 3.57. The van der Waals surface area contributed by atoms with Gasteiger partial charge in [0.05, 0.1) is 13.5 Å². The van der Waals surface area contributed by atoms with Crippen LogP contribution in [0.25, 0.3) is 0 Å². The highest BCUT2D eigenvalue weighted by atomic mass is 16.5. The van der Waals surface area contributed by atoms with Crippen molar-refractivity contribution in [1.82, 2.24) is 4.90 Å². The quantitative estimate of drug-likeness (QED) is 0.827. The zero-order valence-electron chi connectivity index (χ0n) is 15.8. The molecule has 0 saturated heterocycles. The second-order valence-corrected chi connectivity index (χ2v) is 6.22. The first-order valence-corrected chi connectivity index (χ1v) is 8.71. The van der Waals surface area contributed by atoms with Crippen LogP contribution in [0.2, 0.25) is 0 Å². The largest absolute Gasteiger partial charge is 0.496 e. The van der Waals surface area contributed by atoms with Crippen LogP contribution in [-0.2, 0) is 22.6 Å². The van der Waals surface area contributed by atoms with Crippen molar-refractivity contribution in [1.29, 1.82) is 0 Å². The SMILES string of the molecule is CCN(Cc1ccccc1NC(=O)Cc1ccc(C)c(OC)c1)C(C)=O. The van der Waals surface area contributed by atoms with E-state index in [1.54, 1.807) is 18.9 Å². The maximum absolute atomic E-state index is 12.5. The lowest BCUT2D eigenvalue weighted by Crippen LogP contribution is -2.28. The molecule has 5 nitrogen and oxygen atoms in total. The monoisotopic (exact) mass is 354 g/mol. The highest BCUT2D eigenvalue weighted by molar-refractivity contribution is 5.93. The number of para-hydroxylation sites is 1. The molecule has 2 amide bonds. The van der Waals surface area contributed by atoms with Gasteiger partial charge in [0.2, 0.25) is 11.8 Å². The standard InChI is InChI=1S/C21H26N2O3/c1-5-23(16(3)24)14-18-8-6-7-9-19(18)22-21(25)13-17-11-10-15(2)20(12-17)26-4/h6-12H,5,13-14H2,1-4H3,(H,22,25). The number of rotatable bonds is 7. The summed E-state index contributed by atoms with van der Waals surface area (Å²) in [6.07, 6.45) is 0.259. The number of methoxy groups -OCH3 is 1. The first-order chi connectivity index (χ1) is 12.4. The molecular weight excluding hydrogens is 328 g/mol. The van der Waals surface area contributed by atoms with E-state index < -0.39 is 0 Å². The highest BCUT2D eigenvalue weighted by Gasteiger charge is 2.12. The predicted octanol–water partition coefficient (Wildman–Crippen LogP) is 3.55. The Hall–Kier alpha value is -2.82. The lowest BCUT2D eigenvalue weighted by atomic mass is 10.1.